The first-order valence-corrected chi connectivity index (χ1v) is 9.18. The monoisotopic (exact) mass is 361 g/mol. The Labute approximate surface area is 151 Å². The fraction of sp³-hybridized carbons (Fsp3) is 0.389. The van der Waals surface area contributed by atoms with Gasteiger partial charge in [0, 0.05) is 18.7 Å². The highest BCUT2D eigenvalue weighted by molar-refractivity contribution is 7.13. The van der Waals surface area contributed by atoms with Crippen molar-refractivity contribution in [2.75, 3.05) is 18.5 Å². The summed E-state index contributed by atoms with van der Waals surface area (Å²) in [7, 11) is 0. The van der Waals surface area contributed by atoms with E-state index in [0.29, 0.717) is 30.1 Å². The number of urea groups is 1. The van der Waals surface area contributed by atoms with E-state index in [1.807, 2.05) is 38.1 Å². The van der Waals surface area contributed by atoms with Crippen LogP contribution in [0.3, 0.4) is 0 Å². The summed E-state index contributed by atoms with van der Waals surface area (Å²) in [6, 6.07) is 7.28. The third-order valence-corrected chi connectivity index (χ3v) is 4.65. The van der Waals surface area contributed by atoms with Gasteiger partial charge in [0.25, 0.3) is 0 Å². The molecule has 25 heavy (non-hydrogen) atoms. The minimum absolute atomic E-state index is 0.230. The Hall–Kier alpha value is -2.41. The van der Waals surface area contributed by atoms with E-state index in [-0.39, 0.29) is 12.0 Å². The molecule has 1 aromatic heterocycles. The van der Waals surface area contributed by atoms with Crippen LogP contribution in [-0.2, 0) is 17.6 Å². The lowest BCUT2D eigenvalue weighted by atomic mass is 10.1. The predicted octanol–water partition coefficient (Wildman–Crippen LogP) is 3.61. The van der Waals surface area contributed by atoms with Crippen molar-refractivity contribution in [2.45, 2.75) is 33.6 Å². The first-order chi connectivity index (χ1) is 12.1. The summed E-state index contributed by atoms with van der Waals surface area (Å²) in [4.78, 5) is 28.8. The van der Waals surface area contributed by atoms with Gasteiger partial charge in [-0.2, -0.15) is 0 Å². The molecule has 1 aromatic carbocycles. The number of amides is 2. The average Bonchev–Trinajstić information content (AvgIpc) is 3.00. The molecule has 2 amide bonds. The zero-order valence-electron chi connectivity index (χ0n) is 14.7. The number of anilines is 1. The Balaban J connectivity index is 2.12. The lowest BCUT2D eigenvalue weighted by Gasteiger charge is -2.07. The van der Waals surface area contributed by atoms with Crippen LogP contribution in [0.1, 0.15) is 46.7 Å². The molecule has 0 saturated carbocycles. The lowest BCUT2D eigenvalue weighted by molar-refractivity contribution is 0.0530. The summed E-state index contributed by atoms with van der Waals surface area (Å²) >= 11 is 1.39. The molecule has 2 rings (SSSR count). The number of rotatable bonds is 7. The third-order valence-electron chi connectivity index (χ3n) is 3.43. The molecule has 0 radical (unpaired) electrons. The molecular formula is C18H23N3O3S. The Morgan fingerprint density at radius 2 is 1.88 bits per heavy atom. The van der Waals surface area contributed by atoms with Crippen LogP contribution >= 0.6 is 11.3 Å². The first-order valence-electron chi connectivity index (χ1n) is 8.36. The number of ether oxygens (including phenoxy) is 1. The average molecular weight is 361 g/mol. The minimum Gasteiger partial charge on any atom is -0.462 e. The van der Waals surface area contributed by atoms with Crippen molar-refractivity contribution >= 4 is 29.0 Å². The van der Waals surface area contributed by atoms with Crippen LogP contribution in [0.5, 0.6) is 0 Å². The van der Waals surface area contributed by atoms with Gasteiger partial charge in [-0.1, -0.05) is 19.1 Å². The molecule has 0 spiro atoms. The molecule has 0 bridgehead atoms. The number of nitrogens with zero attached hydrogens (tertiary/aromatic N) is 1. The van der Waals surface area contributed by atoms with Crippen LogP contribution in [0.4, 0.5) is 10.5 Å². The van der Waals surface area contributed by atoms with E-state index in [1.165, 1.54) is 11.3 Å². The van der Waals surface area contributed by atoms with Gasteiger partial charge >= 0.3 is 12.0 Å². The van der Waals surface area contributed by atoms with E-state index < -0.39 is 0 Å². The van der Waals surface area contributed by atoms with E-state index in [0.717, 1.165) is 22.7 Å². The zero-order valence-corrected chi connectivity index (χ0v) is 15.5. The molecule has 6 nitrogen and oxygen atoms in total. The molecule has 0 atom stereocenters. The highest BCUT2D eigenvalue weighted by Crippen LogP contribution is 2.23. The van der Waals surface area contributed by atoms with Gasteiger partial charge in [-0.3, -0.25) is 0 Å². The van der Waals surface area contributed by atoms with Crippen LogP contribution < -0.4 is 10.6 Å². The van der Waals surface area contributed by atoms with Crippen molar-refractivity contribution in [3.8, 4) is 0 Å². The largest absolute Gasteiger partial charge is 0.462 e. The number of carbonyl (C=O) groups excluding carboxylic acids is 2. The van der Waals surface area contributed by atoms with Crippen molar-refractivity contribution in [1.29, 1.82) is 0 Å². The van der Waals surface area contributed by atoms with Crippen LogP contribution in [-0.4, -0.2) is 30.1 Å². The highest BCUT2D eigenvalue weighted by atomic mass is 32.1. The van der Waals surface area contributed by atoms with Crippen LogP contribution in [0, 0.1) is 0 Å². The number of esters is 1. The highest BCUT2D eigenvalue weighted by Gasteiger charge is 2.18. The number of hydrogen-bond acceptors (Lipinski definition) is 5. The SMILES string of the molecule is CCNC(=O)Nc1ccc(Cc2nc(CC)sc2C(=O)OCC)cc1. The maximum absolute atomic E-state index is 12.1. The van der Waals surface area contributed by atoms with Gasteiger partial charge in [-0.05, 0) is 38.0 Å². The second-order valence-corrected chi connectivity index (χ2v) is 6.40. The Morgan fingerprint density at radius 1 is 1.16 bits per heavy atom. The Kier molecular flexibility index (Phi) is 6.94. The normalized spacial score (nSPS) is 10.4. The van der Waals surface area contributed by atoms with E-state index >= 15 is 0 Å². The van der Waals surface area contributed by atoms with Crippen molar-refractivity contribution in [1.82, 2.24) is 10.3 Å². The Morgan fingerprint density at radius 3 is 2.48 bits per heavy atom. The first kappa shape index (κ1) is 18.9. The second-order valence-electron chi connectivity index (χ2n) is 5.32. The second kappa shape index (κ2) is 9.17. The molecule has 1 heterocycles. The summed E-state index contributed by atoms with van der Waals surface area (Å²) < 4.78 is 5.13. The van der Waals surface area contributed by atoms with Gasteiger partial charge in [0.05, 0.1) is 17.3 Å². The van der Waals surface area contributed by atoms with Gasteiger partial charge in [0.1, 0.15) is 4.88 Å². The van der Waals surface area contributed by atoms with Gasteiger partial charge in [-0.25, -0.2) is 14.6 Å². The van der Waals surface area contributed by atoms with E-state index in [9.17, 15) is 9.59 Å². The topological polar surface area (TPSA) is 80.3 Å². The molecule has 0 aliphatic rings. The number of benzene rings is 1. The smallest absolute Gasteiger partial charge is 0.350 e. The van der Waals surface area contributed by atoms with Crippen molar-refractivity contribution in [3.63, 3.8) is 0 Å². The zero-order chi connectivity index (χ0) is 18.2. The molecule has 0 unspecified atom stereocenters. The molecule has 7 heteroatoms. The van der Waals surface area contributed by atoms with Crippen LogP contribution in [0.25, 0.3) is 0 Å². The molecule has 2 N–H and O–H groups in total. The summed E-state index contributed by atoms with van der Waals surface area (Å²) in [5.74, 6) is -0.316. The van der Waals surface area contributed by atoms with Gasteiger partial charge in [0.2, 0.25) is 0 Å². The molecule has 0 fully saturated rings. The van der Waals surface area contributed by atoms with Crippen molar-refractivity contribution in [3.05, 3.63) is 45.4 Å². The summed E-state index contributed by atoms with van der Waals surface area (Å²) in [6.07, 6.45) is 1.33. The lowest BCUT2D eigenvalue weighted by Crippen LogP contribution is -2.28. The van der Waals surface area contributed by atoms with E-state index in [1.54, 1.807) is 6.92 Å². The van der Waals surface area contributed by atoms with Crippen LogP contribution in [0.2, 0.25) is 0 Å². The Bertz CT molecular complexity index is 726. The number of aryl methyl sites for hydroxylation is 1. The number of aromatic nitrogens is 1. The fourth-order valence-electron chi connectivity index (χ4n) is 2.26. The summed E-state index contributed by atoms with van der Waals surface area (Å²) in [5, 5.41) is 6.36. The van der Waals surface area contributed by atoms with Crippen molar-refractivity contribution < 1.29 is 14.3 Å². The number of nitrogens with one attached hydrogen (secondary N) is 2. The van der Waals surface area contributed by atoms with E-state index in [4.69, 9.17) is 4.74 Å². The number of thiazole rings is 1. The number of hydrogen-bond donors (Lipinski definition) is 2. The van der Waals surface area contributed by atoms with Gasteiger partial charge in [-0.15, -0.1) is 11.3 Å². The molecule has 2 aromatic rings. The van der Waals surface area contributed by atoms with Crippen LogP contribution in [0.15, 0.2) is 24.3 Å². The predicted molar refractivity (Wildman–Crippen MR) is 99.4 cm³/mol. The fourth-order valence-corrected chi connectivity index (χ4v) is 3.18. The van der Waals surface area contributed by atoms with Gasteiger partial charge in [0.15, 0.2) is 0 Å². The molecule has 0 saturated heterocycles. The molecule has 134 valence electrons. The quantitative estimate of drug-likeness (QED) is 0.738. The van der Waals surface area contributed by atoms with Crippen molar-refractivity contribution in [2.24, 2.45) is 0 Å². The summed E-state index contributed by atoms with van der Waals surface area (Å²) in [6.45, 7) is 6.59. The standard InChI is InChI=1S/C18H23N3O3S/c1-4-15-21-14(16(25-15)17(22)24-6-3)11-12-7-9-13(10-8-12)20-18(23)19-5-2/h7-10H,4-6,11H2,1-3H3,(H2,19,20,23). The maximum atomic E-state index is 12.1. The third kappa shape index (κ3) is 5.29. The molecular weight excluding hydrogens is 338 g/mol. The molecule has 0 aliphatic carbocycles. The minimum atomic E-state index is -0.316. The van der Waals surface area contributed by atoms with E-state index in [2.05, 4.69) is 15.6 Å². The number of carbonyl (C=O) groups is 2. The van der Waals surface area contributed by atoms with Gasteiger partial charge < -0.3 is 15.4 Å². The maximum Gasteiger partial charge on any atom is 0.350 e. The summed E-state index contributed by atoms with van der Waals surface area (Å²) in [5.41, 5.74) is 2.47. The molecule has 0 aliphatic heterocycles.